The average Bonchev–Trinajstić information content (AvgIpc) is 2.20. The molecule has 2 nitrogen and oxygen atoms in total. The van der Waals surface area contributed by atoms with Crippen LogP contribution in [0.2, 0.25) is 0 Å². The first kappa shape index (κ1) is 11.6. The first-order chi connectivity index (χ1) is 6.73. The van der Waals surface area contributed by atoms with Crippen molar-refractivity contribution in [3.8, 4) is 11.8 Å². The fourth-order valence-corrected chi connectivity index (χ4v) is 2.06. The monoisotopic (exact) mass is 195 g/mol. The van der Waals surface area contributed by atoms with E-state index in [1.807, 2.05) is 14.0 Å². The normalized spacial score (nSPS) is 29.1. The molecule has 1 N–H and O–H groups in total. The van der Waals surface area contributed by atoms with Crippen LogP contribution in [0.1, 0.15) is 39.5 Å². The lowest BCUT2D eigenvalue weighted by molar-refractivity contribution is -0.0861. The minimum absolute atomic E-state index is 0.0170. The van der Waals surface area contributed by atoms with Crippen molar-refractivity contribution in [1.82, 2.24) is 5.32 Å². The zero-order valence-electron chi connectivity index (χ0n) is 9.52. The molecule has 0 bridgehead atoms. The molecule has 0 aromatic rings. The second kappa shape index (κ2) is 5.38. The van der Waals surface area contributed by atoms with Crippen LogP contribution in [0.5, 0.6) is 0 Å². The van der Waals surface area contributed by atoms with Crippen LogP contribution in [-0.2, 0) is 4.74 Å². The lowest BCUT2D eigenvalue weighted by atomic mass is 9.86. The van der Waals surface area contributed by atoms with Gasteiger partial charge in [-0.3, -0.25) is 0 Å². The summed E-state index contributed by atoms with van der Waals surface area (Å²) in [5, 5.41) is 3.32. The average molecular weight is 195 g/mol. The summed E-state index contributed by atoms with van der Waals surface area (Å²) >= 11 is 0. The van der Waals surface area contributed by atoms with E-state index < -0.39 is 0 Å². The van der Waals surface area contributed by atoms with Gasteiger partial charge in [-0.05, 0) is 40.2 Å². The summed E-state index contributed by atoms with van der Waals surface area (Å²) in [7, 11) is 1.99. The first-order valence-electron chi connectivity index (χ1n) is 5.44. The second-order valence-electron chi connectivity index (χ2n) is 4.09. The predicted octanol–water partition coefficient (Wildman–Crippen LogP) is 1.95. The Hall–Kier alpha value is -0.520. The summed E-state index contributed by atoms with van der Waals surface area (Å²) in [4.78, 5) is 0. The Morgan fingerprint density at radius 2 is 2.29 bits per heavy atom. The Bertz CT molecular complexity index is 220. The Balaban J connectivity index is 2.58. The molecular formula is C12H21NO. The van der Waals surface area contributed by atoms with Gasteiger partial charge in [-0.1, -0.05) is 0 Å². The Morgan fingerprint density at radius 1 is 1.50 bits per heavy atom. The zero-order valence-corrected chi connectivity index (χ0v) is 9.52. The molecule has 0 aromatic carbocycles. The van der Waals surface area contributed by atoms with Crippen LogP contribution in [0.3, 0.4) is 0 Å². The van der Waals surface area contributed by atoms with Gasteiger partial charge in [-0.15, -0.1) is 11.8 Å². The van der Waals surface area contributed by atoms with Crippen LogP contribution in [0, 0.1) is 11.8 Å². The van der Waals surface area contributed by atoms with Crippen molar-refractivity contribution in [2.24, 2.45) is 0 Å². The molecule has 2 unspecified atom stereocenters. The lowest BCUT2D eigenvalue weighted by Gasteiger charge is -2.39. The van der Waals surface area contributed by atoms with Gasteiger partial charge in [0.25, 0.3) is 0 Å². The van der Waals surface area contributed by atoms with E-state index in [0.717, 1.165) is 19.4 Å². The van der Waals surface area contributed by atoms with Gasteiger partial charge in [0, 0.05) is 19.1 Å². The van der Waals surface area contributed by atoms with E-state index in [-0.39, 0.29) is 5.60 Å². The number of hydrogen-bond donors (Lipinski definition) is 1. The van der Waals surface area contributed by atoms with E-state index in [2.05, 4.69) is 24.1 Å². The predicted molar refractivity (Wildman–Crippen MR) is 59.1 cm³/mol. The summed E-state index contributed by atoms with van der Waals surface area (Å²) in [6, 6.07) is 0.357. The molecule has 1 fully saturated rings. The highest BCUT2D eigenvalue weighted by Crippen LogP contribution is 2.28. The summed E-state index contributed by atoms with van der Waals surface area (Å²) < 4.78 is 5.89. The number of likely N-dealkylation sites (N-methyl/N-ethyl adjacent to an activating group) is 1. The van der Waals surface area contributed by atoms with Gasteiger partial charge in [0.15, 0.2) is 0 Å². The zero-order chi connectivity index (χ0) is 10.4. The van der Waals surface area contributed by atoms with E-state index in [1.54, 1.807) is 0 Å². The summed E-state index contributed by atoms with van der Waals surface area (Å²) in [5.41, 5.74) is -0.0170. The van der Waals surface area contributed by atoms with Crippen molar-refractivity contribution in [3.63, 3.8) is 0 Å². The van der Waals surface area contributed by atoms with Crippen LogP contribution in [0.15, 0.2) is 0 Å². The molecule has 2 heteroatoms. The molecule has 0 amide bonds. The van der Waals surface area contributed by atoms with Crippen molar-refractivity contribution in [1.29, 1.82) is 0 Å². The maximum absolute atomic E-state index is 5.89. The molecule has 1 aliphatic rings. The largest absolute Gasteiger partial charge is 0.374 e. The molecule has 0 radical (unpaired) electrons. The molecule has 0 aromatic heterocycles. The first-order valence-corrected chi connectivity index (χ1v) is 5.44. The van der Waals surface area contributed by atoms with Crippen LogP contribution >= 0.6 is 0 Å². The molecule has 1 aliphatic heterocycles. The minimum atomic E-state index is -0.0170. The lowest BCUT2D eigenvalue weighted by Crippen LogP contribution is -2.50. The third kappa shape index (κ3) is 2.73. The molecule has 0 spiro atoms. The fourth-order valence-electron chi connectivity index (χ4n) is 2.06. The fraction of sp³-hybridized carbons (Fsp3) is 0.833. The van der Waals surface area contributed by atoms with Crippen molar-refractivity contribution >= 4 is 0 Å². The molecule has 1 rings (SSSR count). The van der Waals surface area contributed by atoms with E-state index in [4.69, 9.17) is 4.74 Å². The quantitative estimate of drug-likeness (QED) is 0.695. The highest BCUT2D eigenvalue weighted by molar-refractivity contribution is 5.03. The number of ether oxygens (including phenoxy) is 1. The summed E-state index contributed by atoms with van der Waals surface area (Å²) in [6.45, 7) is 4.98. The number of nitrogens with one attached hydrogen (secondary N) is 1. The highest BCUT2D eigenvalue weighted by atomic mass is 16.5. The van der Waals surface area contributed by atoms with Crippen LogP contribution < -0.4 is 5.32 Å². The molecule has 2 atom stereocenters. The molecule has 80 valence electrons. The summed E-state index contributed by atoms with van der Waals surface area (Å²) in [5.74, 6) is 6.07. The molecular weight excluding hydrogens is 174 g/mol. The van der Waals surface area contributed by atoms with Crippen molar-refractivity contribution in [2.45, 2.75) is 51.2 Å². The molecule has 1 heterocycles. The topological polar surface area (TPSA) is 21.3 Å². The van der Waals surface area contributed by atoms with Crippen molar-refractivity contribution < 1.29 is 4.74 Å². The second-order valence-corrected chi connectivity index (χ2v) is 4.09. The van der Waals surface area contributed by atoms with Gasteiger partial charge in [-0.25, -0.2) is 0 Å². The Kier molecular flexibility index (Phi) is 4.44. The standard InChI is InChI=1S/C12H21NO/c1-4-5-8-11(13-3)12(2)9-6-7-10-14-12/h11,13H,6-10H2,1-3H3. The van der Waals surface area contributed by atoms with Crippen LogP contribution in [0.4, 0.5) is 0 Å². The van der Waals surface area contributed by atoms with Crippen LogP contribution in [-0.4, -0.2) is 25.3 Å². The number of hydrogen-bond acceptors (Lipinski definition) is 2. The maximum Gasteiger partial charge on any atom is 0.0816 e. The van der Waals surface area contributed by atoms with Gasteiger partial charge in [0.05, 0.1) is 5.60 Å². The van der Waals surface area contributed by atoms with E-state index >= 15 is 0 Å². The highest BCUT2D eigenvalue weighted by Gasteiger charge is 2.35. The molecule has 0 saturated carbocycles. The SMILES string of the molecule is CC#CCC(NC)C1(C)CCCCO1. The Labute approximate surface area is 87.4 Å². The Morgan fingerprint density at radius 3 is 2.79 bits per heavy atom. The minimum Gasteiger partial charge on any atom is -0.374 e. The van der Waals surface area contributed by atoms with Crippen molar-refractivity contribution in [3.05, 3.63) is 0 Å². The van der Waals surface area contributed by atoms with Gasteiger partial charge in [-0.2, -0.15) is 0 Å². The molecule has 1 saturated heterocycles. The van der Waals surface area contributed by atoms with E-state index in [0.29, 0.717) is 6.04 Å². The van der Waals surface area contributed by atoms with Gasteiger partial charge in [0.1, 0.15) is 0 Å². The van der Waals surface area contributed by atoms with Gasteiger partial charge in [0.2, 0.25) is 0 Å². The van der Waals surface area contributed by atoms with E-state index in [9.17, 15) is 0 Å². The smallest absolute Gasteiger partial charge is 0.0816 e. The van der Waals surface area contributed by atoms with Crippen molar-refractivity contribution in [2.75, 3.05) is 13.7 Å². The molecule has 14 heavy (non-hydrogen) atoms. The van der Waals surface area contributed by atoms with Gasteiger partial charge >= 0.3 is 0 Å². The summed E-state index contributed by atoms with van der Waals surface area (Å²) in [6.07, 6.45) is 4.49. The van der Waals surface area contributed by atoms with Gasteiger partial charge < -0.3 is 10.1 Å². The number of rotatable bonds is 3. The van der Waals surface area contributed by atoms with Crippen LogP contribution in [0.25, 0.3) is 0 Å². The maximum atomic E-state index is 5.89. The van der Waals surface area contributed by atoms with E-state index in [1.165, 1.54) is 12.8 Å². The third-order valence-electron chi connectivity index (χ3n) is 3.07. The molecule has 0 aliphatic carbocycles. The third-order valence-corrected chi connectivity index (χ3v) is 3.07.